The van der Waals surface area contributed by atoms with Gasteiger partial charge in [-0.1, -0.05) is 0 Å². The molecule has 0 aromatic rings. The van der Waals surface area contributed by atoms with Gasteiger partial charge >= 0.3 is 14.6 Å². The maximum absolute atomic E-state index is 11.0. The molecule has 0 saturated carbocycles. The lowest BCUT2D eigenvalue weighted by Crippen LogP contribution is -2.37. The van der Waals surface area contributed by atoms with E-state index in [1.54, 1.807) is 0 Å². The number of alkyl halides is 3. The van der Waals surface area contributed by atoms with Crippen molar-refractivity contribution in [3.8, 4) is 0 Å². The highest BCUT2D eigenvalue weighted by atomic mass is 28.3. The minimum atomic E-state index is -4.81. The second kappa shape index (κ2) is 2.22. The van der Waals surface area contributed by atoms with Crippen LogP contribution in [0.25, 0.3) is 0 Å². The molecule has 8 heavy (non-hydrogen) atoms. The van der Waals surface area contributed by atoms with Gasteiger partial charge in [0.1, 0.15) is 0 Å². The Balaban J connectivity index is 3.82. The molecule has 0 bridgehead atoms. The minimum absolute atomic E-state index is 0.626. The molecule has 0 amide bonds. The Labute approximate surface area is 43.8 Å². The molecule has 3 nitrogen and oxygen atoms in total. The molecule has 0 radical (unpaired) electrons. The molecule has 0 aliphatic rings. The van der Waals surface area contributed by atoms with Crippen LogP contribution in [-0.2, 0) is 4.46 Å². The SMILES string of the molecule is O=[Si](NO)C(F)(F)F. The number of rotatable bonds is 1. The predicted octanol–water partition coefficient (Wildman–Crippen LogP) is -0.0146. The van der Waals surface area contributed by atoms with Gasteiger partial charge in [-0.05, 0) is 0 Å². The van der Waals surface area contributed by atoms with Crippen molar-refractivity contribution in [3.63, 3.8) is 0 Å². The Hall–Kier alpha value is -0.433. The van der Waals surface area contributed by atoms with Crippen molar-refractivity contribution in [3.05, 3.63) is 0 Å². The molecular weight excluding hydrogens is 143 g/mol. The summed E-state index contributed by atoms with van der Waals surface area (Å²) in [7, 11) is -3.99. The van der Waals surface area contributed by atoms with Crippen LogP contribution in [0.15, 0.2) is 0 Å². The van der Waals surface area contributed by atoms with Crippen molar-refractivity contribution < 1.29 is 22.8 Å². The number of halogens is 3. The van der Waals surface area contributed by atoms with E-state index in [9.17, 15) is 17.6 Å². The van der Waals surface area contributed by atoms with E-state index in [1.165, 1.54) is 0 Å². The highest BCUT2D eigenvalue weighted by Crippen LogP contribution is 2.11. The Morgan fingerprint density at radius 1 is 1.50 bits per heavy atom. The van der Waals surface area contributed by atoms with E-state index in [1.807, 2.05) is 0 Å². The lowest BCUT2D eigenvalue weighted by molar-refractivity contribution is -0.0625. The highest BCUT2D eigenvalue weighted by molar-refractivity contribution is 6.41. The van der Waals surface area contributed by atoms with Crippen LogP contribution in [0.5, 0.6) is 0 Å². The van der Waals surface area contributed by atoms with Crippen LogP contribution in [0, 0.1) is 0 Å². The maximum Gasteiger partial charge on any atom is 0.535 e. The topological polar surface area (TPSA) is 49.3 Å². The van der Waals surface area contributed by atoms with E-state index in [0.29, 0.717) is 5.15 Å². The lowest BCUT2D eigenvalue weighted by atomic mass is 11.5. The molecule has 0 heterocycles. The van der Waals surface area contributed by atoms with E-state index in [-0.39, 0.29) is 0 Å². The Kier molecular flexibility index (Phi) is 2.10. The fourth-order valence-corrected chi connectivity index (χ4v) is 0.190. The molecule has 2 N–H and O–H groups in total. The molecule has 0 fully saturated rings. The largest absolute Gasteiger partial charge is 0.535 e. The third-order valence-electron chi connectivity index (χ3n) is 0.359. The predicted molar refractivity (Wildman–Crippen MR) is 17.4 cm³/mol. The third-order valence-corrected chi connectivity index (χ3v) is 1.08. The van der Waals surface area contributed by atoms with Gasteiger partial charge in [-0.25, -0.2) is 0 Å². The summed E-state index contributed by atoms with van der Waals surface area (Å²) in [6.07, 6.45) is 0. The van der Waals surface area contributed by atoms with Gasteiger partial charge in [0.05, 0.1) is 0 Å². The average Bonchev–Trinajstić information content (AvgIpc) is 1.62. The summed E-state index contributed by atoms with van der Waals surface area (Å²) in [6, 6.07) is 0. The van der Waals surface area contributed by atoms with Crippen molar-refractivity contribution in [2.75, 3.05) is 0 Å². The summed E-state index contributed by atoms with van der Waals surface area (Å²) in [4.78, 5) is 0. The monoisotopic (exact) mass is 145 g/mol. The average molecular weight is 145 g/mol. The lowest BCUT2D eigenvalue weighted by Gasteiger charge is -1.98. The summed E-state index contributed by atoms with van der Waals surface area (Å²) >= 11 is 0. The van der Waals surface area contributed by atoms with Gasteiger partial charge in [0.2, 0.25) is 0 Å². The Morgan fingerprint density at radius 2 is 1.88 bits per heavy atom. The normalized spacial score (nSPS) is 11.0. The maximum atomic E-state index is 11.0. The summed E-state index contributed by atoms with van der Waals surface area (Å²) in [5.74, 6) is -4.81. The van der Waals surface area contributed by atoms with Crippen LogP contribution < -0.4 is 5.15 Å². The van der Waals surface area contributed by atoms with E-state index < -0.39 is 14.6 Å². The van der Waals surface area contributed by atoms with Gasteiger partial charge in [-0.15, -0.1) is 0 Å². The molecule has 0 atom stereocenters. The van der Waals surface area contributed by atoms with Gasteiger partial charge in [0, 0.05) is 0 Å². The first-order valence-corrected chi connectivity index (χ1v) is 2.90. The summed E-state index contributed by atoms with van der Waals surface area (Å²) in [6.45, 7) is 0. The number of hydrogen-bond acceptors (Lipinski definition) is 2. The molecule has 0 aromatic carbocycles. The van der Waals surface area contributed by atoms with Crippen molar-refractivity contribution >= 4 is 8.84 Å². The van der Waals surface area contributed by atoms with Crippen molar-refractivity contribution in [1.82, 2.24) is 5.15 Å². The zero-order valence-corrected chi connectivity index (χ0v) is 4.49. The van der Waals surface area contributed by atoms with Crippen molar-refractivity contribution in [1.29, 1.82) is 0 Å². The minimum Gasteiger partial charge on any atom is -0.347 e. The van der Waals surface area contributed by atoms with Gasteiger partial charge < -0.3 is 4.46 Å². The molecule has 0 spiro atoms. The van der Waals surface area contributed by atoms with Crippen LogP contribution in [0.4, 0.5) is 13.2 Å². The quantitative estimate of drug-likeness (QED) is 0.403. The Morgan fingerprint density at radius 3 is 1.88 bits per heavy atom. The van der Waals surface area contributed by atoms with Crippen molar-refractivity contribution in [2.24, 2.45) is 0 Å². The standard InChI is InChI=1S/CH2F3NO2Si/c2-1(3,4)8(7)5-6/h5-6H. The molecule has 0 saturated heterocycles. The molecular formula is CH2F3NO2Si. The smallest absolute Gasteiger partial charge is 0.347 e. The third kappa shape index (κ3) is 2.03. The molecule has 0 aromatic heterocycles. The zero-order valence-electron chi connectivity index (χ0n) is 3.49. The number of nitrogens with one attached hydrogen (secondary N) is 1. The summed E-state index contributed by atoms with van der Waals surface area (Å²) < 4.78 is 42.4. The fourth-order valence-electron chi connectivity index (χ4n) is 0.0634. The first-order valence-electron chi connectivity index (χ1n) is 1.49. The van der Waals surface area contributed by atoms with Crippen LogP contribution >= 0.6 is 0 Å². The van der Waals surface area contributed by atoms with Gasteiger partial charge in [-0.2, -0.15) is 13.2 Å². The number of hydrogen-bond donors (Lipinski definition) is 2. The van der Waals surface area contributed by atoms with Crippen LogP contribution in [-0.4, -0.2) is 19.9 Å². The summed E-state index contributed by atoms with van der Waals surface area (Å²) in [5.41, 5.74) is 0. The van der Waals surface area contributed by atoms with E-state index in [0.717, 1.165) is 0 Å². The van der Waals surface area contributed by atoms with E-state index in [4.69, 9.17) is 5.21 Å². The fraction of sp³-hybridized carbons (Fsp3) is 1.00. The van der Waals surface area contributed by atoms with Gasteiger partial charge in [0.15, 0.2) is 0 Å². The van der Waals surface area contributed by atoms with E-state index in [2.05, 4.69) is 0 Å². The van der Waals surface area contributed by atoms with Crippen LogP contribution in [0.2, 0.25) is 0 Å². The first kappa shape index (κ1) is 7.57. The second-order valence-corrected chi connectivity index (χ2v) is 2.39. The molecule has 0 aliphatic heterocycles. The molecule has 0 rings (SSSR count). The van der Waals surface area contributed by atoms with E-state index >= 15 is 0 Å². The van der Waals surface area contributed by atoms with Gasteiger partial charge in [0.25, 0.3) is 0 Å². The highest BCUT2D eigenvalue weighted by Gasteiger charge is 2.41. The zero-order chi connectivity index (χ0) is 6.78. The molecule has 0 aliphatic carbocycles. The second-order valence-electron chi connectivity index (χ2n) is 0.939. The molecule has 48 valence electrons. The van der Waals surface area contributed by atoms with Gasteiger partial charge in [-0.3, -0.25) is 10.4 Å². The molecule has 0 unspecified atom stereocenters. The van der Waals surface area contributed by atoms with Crippen LogP contribution in [0.1, 0.15) is 0 Å². The Bertz CT molecular complexity index is 99.9. The summed E-state index contributed by atoms with van der Waals surface area (Å²) in [5, 5.41) is 8.06. The van der Waals surface area contributed by atoms with Crippen molar-refractivity contribution in [2.45, 2.75) is 5.80 Å². The first-order chi connectivity index (χ1) is 3.48. The molecule has 7 heteroatoms. The van der Waals surface area contributed by atoms with Crippen LogP contribution in [0.3, 0.4) is 0 Å².